The van der Waals surface area contributed by atoms with Crippen LogP contribution >= 0.6 is 27.7 Å². The van der Waals surface area contributed by atoms with Crippen LogP contribution in [0.4, 0.5) is 5.69 Å². The number of aryl methyl sites for hydroxylation is 1. The third kappa shape index (κ3) is 5.42. The molecule has 1 unspecified atom stereocenters. The van der Waals surface area contributed by atoms with Gasteiger partial charge in [0, 0.05) is 10.2 Å². The van der Waals surface area contributed by atoms with Gasteiger partial charge in [0.2, 0.25) is 5.91 Å². The zero-order valence-electron chi connectivity index (χ0n) is 10.7. The Bertz CT molecular complexity index is 412. The Morgan fingerprint density at radius 3 is 2.89 bits per heavy atom. The van der Waals surface area contributed by atoms with Gasteiger partial charge in [0.15, 0.2) is 0 Å². The number of rotatable bonds is 6. The van der Waals surface area contributed by atoms with Crippen molar-refractivity contribution in [2.45, 2.75) is 13.8 Å². The molecule has 1 aromatic carbocycles. The first-order chi connectivity index (χ1) is 8.52. The van der Waals surface area contributed by atoms with Crippen LogP contribution in [0, 0.1) is 12.8 Å². The van der Waals surface area contributed by atoms with Gasteiger partial charge in [-0.15, -0.1) is 0 Å². The number of carbonyl (C=O) groups excluding carboxylic acids is 1. The number of carbonyl (C=O) groups is 1. The molecule has 0 spiro atoms. The maximum absolute atomic E-state index is 11.7. The van der Waals surface area contributed by atoms with E-state index >= 15 is 0 Å². The predicted octanol–water partition coefficient (Wildman–Crippen LogP) is 3.02. The summed E-state index contributed by atoms with van der Waals surface area (Å²) in [7, 11) is 0. The van der Waals surface area contributed by atoms with Gasteiger partial charge in [-0.1, -0.05) is 22.9 Å². The number of nitrogens with one attached hydrogen (secondary N) is 1. The minimum Gasteiger partial charge on any atom is -0.330 e. The molecule has 1 rings (SSSR count). The molecule has 0 saturated heterocycles. The van der Waals surface area contributed by atoms with E-state index in [1.807, 2.05) is 25.1 Å². The summed E-state index contributed by atoms with van der Waals surface area (Å²) in [6.07, 6.45) is 0. The second kappa shape index (κ2) is 7.81. The van der Waals surface area contributed by atoms with Crippen molar-refractivity contribution in [1.29, 1.82) is 0 Å². The molecule has 0 heterocycles. The second-order valence-corrected chi connectivity index (χ2v) is 6.31. The molecule has 0 aliphatic heterocycles. The first kappa shape index (κ1) is 15.5. The molecule has 1 atom stereocenters. The summed E-state index contributed by atoms with van der Waals surface area (Å²) >= 11 is 5.02. The summed E-state index contributed by atoms with van der Waals surface area (Å²) in [5.41, 5.74) is 7.45. The van der Waals surface area contributed by atoms with Crippen LogP contribution in [0.3, 0.4) is 0 Å². The van der Waals surface area contributed by atoms with E-state index in [0.29, 0.717) is 18.2 Å². The predicted molar refractivity (Wildman–Crippen MR) is 83.1 cm³/mol. The molecule has 0 aromatic heterocycles. The Morgan fingerprint density at radius 1 is 1.56 bits per heavy atom. The van der Waals surface area contributed by atoms with Crippen molar-refractivity contribution in [1.82, 2.24) is 0 Å². The Balaban J connectivity index is 2.40. The van der Waals surface area contributed by atoms with E-state index in [0.717, 1.165) is 21.5 Å². The van der Waals surface area contributed by atoms with Crippen molar-refractivity contribution >= 4 is 39.3 Å². The van der Waals surface area contributed by atoms with Crippen LogP contribution in [0.1, 0.15) is 12.5 Å². The highest BCUT2D eigenvalue weighted by Gasteiger charge is 2.06. The Kier molecular flexibility index (Phi) is 6.75. The van der Waals surface area contributed by atoms with Gasteiger partial charge in [0.05, 0.1) is 5.75 Å². The SMILES string of the molecule is Cc1cc(Br)ccc1NC(=O)CSCC(C)CN. The molecule has 0 aliphatic rings. The van der Waals surface area contributed by atoms with Gasteiger partial charge in [-0.05, 0) is 48.9 Å². The Hall–Kier alpha value is -0.520. The molecule has 1 aromatic rings. The number of hydrogen-bond donors (Lipinski definition) is 2. The highest BCUT2D eigenvalue weighted by Crippen LogP contribution is 2.20. The fraction of sp³-hybridized carbons (Fsp3) is 0.462. The van der Waals surface area contributed by atoms with Gasteiger partial charge >= 0.3 is 0 Å². The highest BCUT2D eigenvalue weighted by atomic mass is 79.9. The average Bonchev–Trinajstić information content (AvgIpc) is 2.32. The van der Waals surface area contributed by atoms with Crippen molar-refractivity contribution in [3.8, 4) is 0 Å². The molecule has 0 radical (unpaired) electrons. The molecule has 0 saturated carbocycles. The van der Waals surface area contributed by atoms with E-state index < -0.39 is 0 Å². The van der Waals surface area contributed by atoms with Crippen molar-refractivity contribution < 1.29 is 4.79 Å². The van der Waals surface area contributed by atoms with Crippen LogP contribution in [0.25, 0.3) is 0 Å². The van der Waals surface area contributed by atoms with Gasteiger partial charge in [-0.2, -0.15) is 11.8 Å². The second-order valence-electron chi connectivity index (χ2n) is 4.36. The van der Waals surface area contributed by atoms with Gasteiger partial charge in [0.1, 0.15) is 0 Å². The summed E-state index contributed by atoms with van der Waals surface area (Å²) < 4.78 is 1.02. The summed E-state index contributed by atoms with van der Waals surface area (Å²) in [4.78, 5) is 11.7. The van der Waals surface area contributed by atoms with Crippen molar-refractivity contribution in [3.05, 3.63) is 28.2 Å². The number of benzene rings is 1. The minimum absolute atomic E-state index is 0.0367. The molecule has 5 heteroatoms. The van der Waals surface area contributed by atoms with Crippen LogP contribution < -0.4 is 11.1 Å². The van der Waals surface area contributed by atoms with Gasteiger partial charge in [-0.3, -0.25) is 4.79 Å². The number of hydrogen-bond acceptors (Lipinski definition) is 3. The molecular formula is C13H19BrN2OS. The fourth-order valence-corrected chi connectivity index (χ4v) is 2.76. The molecule has 3 N–H and O–H groups in total. The molecule has 100 valence electrons. The molecule has 1 amide bonds. The van der Waals surface area contributed by atoms with Gasteiger partial charge < -0.3 is 11.1 Å². The summed E-state index contributed by atoms with van der Waals surface area (Å²) in [5.74, 6) is 1.88. The lowest BCUT2D eigenvalue weighted by Gasteiger charge is -2.10. The zero-order valence-corrected chi connectivity index (χ0v) is 13.1. The van der Waals surface area contributed by atoms with Gasteiger partial charge in [0.25, 0.3) is 0 Å². The third-order valence-corrected chi connectivity index (χ3v) is 4.26. The molecule has 0 fully saturated rings. The van der Waals surface area contributed by atoms with E-state index in [2.05, 4.69) is 28.2 Å². The number of amides is 1. The fourth-order valence-electron chi connectivity index (χ4n) is 1.37. The van der Waals surface area contributed by atoms with Crippen molar-refractivity contribution in [3.63, 3.8) is 0 Å². The topological polar surface area (TPSA) is 55.1 Å². The number of halogens is 1. The molecule has 0 bridgehead atoms. The molecule has 0 aliphatic carbocycles. The van der Waals surface area contributed by atoms with E-state index in [-0.39, 0.29) is 5.91 Å². The zero-order chi connectivity index (χ0) is 13.5. The minimum atomic E-state index is 0.0367. The van der Waals surface area contributed by atoms with Crippen LogP contribution in [0.15, 0.2) is 22.7 Å². The summed E-state index contributed by atoms with van der Waals surface area (Å²) in [6, 6.07) is 5.82. The number of thioether (sulfide) groups is 1. The normalized spacial score (nSPS) is 12.2. The lowest BCUT2D eigenvalue weighted by molar-refractivity contribution is -0.113. The van der Waals surface area contributed by atoms with Crippen molar-refractivity contribution in [2.75, 3.05) is 23.4 Å². The maximum atomic E-state index is 11.7. The molecule has 3 nitrogen and oxygen atoms in total. The lowest BCUT2D eigenvalue weighted by atomic mass is 10.2. The smallest absolute Gasteiger partial charge is 0.234 e. The van der Waals surface area contributed by atoms with Gasteiger partial charge in [-0.25, -0.2) is 0 Å². The largest absolute Gasteiger partial charge is 0.330 e. The number of anilines is 1. The first-order valence-corrected chi connectivity index (χ1v) is 7.81. The number of nitrogens with two attached hydrogens (primary N) is 1. The average molecular weight is 331 g/mol. The Morgan fingerprint density at radius 2 is 2.28 bits per heavy atom. The van der Waals surface area contributed by atoms with E-state index in [1.165, 1.54) is 0 Å². The molecular weight excluding hydrogens is 312 g/mol. The van der Waals surface area contributed by atoms with Crippen LogP contribution in [-0.4, -0.2) is 24.0 Å². The first-order valence-electron chi connectivity index (χ1n) is 5.86. The van der Waals surface area contributed by atoms with E-state index in [4.69, 9.17) is 5.73 Å². The van der Waals surface area contributed by atoms with Crippen molar-refractivity contribution in [2.24, 2.45) is 11.7 Å². The van der Waals surface area contributed by atoms with Crippen LogP contribution in [0.2, 0.25) is 0 Å². The monoisotopic (exact) mass is 330 g/mol. The van der Waals surface area contributed by atoms with E-state index in [9.17, 15) is 4.79 Å². The van der Waals surface area contributed by atoms with Crippen LogP contribution in [0.5, 0.6) is 0 Å². The summed E-state index contributed by atoms with van der Waals surface area (Å²) in [6.45, 7) is 4.73. The molecule has 18 heavy (non-hydrogen) atoms. The van der Waals surface area contributed by atoms with Crippen LogP contribution in [-0.2, 0) is 4.79 Å². The lowest BCUT2D eigenvalue weighted by Crippen LogP contribution is -2.17. The summed E-state index contributed by atoms with van der Waals surface area (Å²) in [5, 5.41) is 2.92. The van der Waals surface area contributed by atoms with E-state index in [1.54, 1.807) is 11.8 Å². The highest BCUT2D eigenvalue weighted by molar-refractivity contribution is 9.10. The quantitative estimate of drug-likeness (QED) is 0.842. The third-order valence-electron chi connectivity index (χ3n) is 2.50. The standard InChI is InChI=1S/C13H19BrN2OS/c1-9(6-15)7-18-8-13(17)16-12-4-3-11(14)5-10(12)2/h3-5,9H,6-8,15H2,1-2H3,(H,16,17). The maximum Gasteiger partial charge on any atom is 0.234 e. The Labute approximate surface area is 121 Å².